The van der Waals surface area contributed by atoms with Gasteiger partial charge in [0.05, 0.1) is 0 Å². The van der Waals surface area contributed by atoms with Crippen LogP contribution in [0.2, 0.25) is 0 Å². The smallest absolute Gasteiger partial charge is 0.253 e. The molecular formula is C19H22N2O3S2. The SMILES string of the molecule is O=C(NCc1ccc(C2CC2)cc1)[C@H]1CCCN1S(=O)(=O)c1cccs1. The number of sulfonamides is 1. The van der Waals surface area contributed by atoms with Crippen molar-refractivity contribution < 1.29 is 13.2 Å². The van der Waals surface area contributed by atoms with E-state index in [1.165, 1.54) is 34.0 Å². The fourth-order valence-corrected chi connectivity index (χ4v) is 6.22. The highest BCUT2D eigenvalue weighted by Gasteiger charge is 2.39. The summed E-state index contributed by atoms with van der Waals surface area (Å²) in [6, 6.07) is 11.0. The molecule has 1 amide bonds. The molecule has 2 aromatic rings. The maximum atomic E-state index is 12.7. The Balaban J connectivity index is 1.40. The lowest BCUT2D eigenvalue weighted by atomic mass is 10.1. The highest BCUT2D eigenvalue weighted by atomic mass is 32.2. The summed E-state index contributed by atoms with van der Waals surface area (Å²) in [6.45, 7) is 0.821. The second-order valence-electron chi connectivity index (χ2n) is 6.94. The zero-order valence-electron chi connectivity index (χ0n) is 14.4. The lowest BCUT2D eigenvalue weighted by Crippen LogP contribution is -2.45. The van der Waals surface area contributed by atoms with Gasteiger partial charge in [-0.2, -0.15) is 4.31 Å². The first-order valence-corrected chi connectivity index (χ1v) is 11.3. The maximum absolute atomic E-state index is 12.7. The molecule has 7 heteroatoms. The molecule has 0 spiro atoms. The van der Waals surface area contributed by atoms with Crippen molar-refractivity contribution in [2.75, 3.05) is 6.54 Å². The van der Waals surface area contributed by atoms with Gasteiger partial charge in [-0.1, -0.05) is 30.3 Å². The number of benzene rings is 1. The molecule has 0 unspecified atom stereocenters. The van der Waals surface area contributed by atoms with E-state index in [1.54, 1.807) is 17.5 Å². The number of thiophene rings is 1. The molecule has 1 atom stereocenters. The number of amides is 1. The summed E-state index contributed by atoms with van der Waals surface area (Å²) < 4.78 is 27.1. The van der Waals surface area contributed by atoms with Crippen molar-refractivity contribution in [2.24, 2.45) is 0 Å². The average molecular weight is 391 g/mol. The number of carbonyl (C=O) groups is 1. The average Bonchev–Trinajstić information content (AvgIpc) is 3.14. The molecule has 2 aliphatic rings. The van der Waals surface area contributed by atoms with Gasteiger partial charge in [-0.25, -0.2) is 8.42 Å². The van der Waals surface area contributed by atoms with E-state index in [9.17, 15) is 13.2 Å². The summed E-state index contributed by atoms with van der Waals surface area (Å²) in [5, 5.41) is 4.65. The lowest BCUT2D eigenvalue weighted by Gasteiger charge is -2.22. The number of hydrogen-bond acceptors (Lipinski definition) is 4. The number of rotatable bonds is 6. The standard InChI is InChI=1S/C19H22N2O3S2/c22-19(20-13-14-5-7-15(8-6-14)16-9-10-16)17-3-1-11-21(17)26(23,24)18-4-2-12-25-18/h2,4-8,12,16-17H,1,3,9-11,13H2,(H,20,22)/t17-/m1/s1. The largest absolute Gasteiger partial charge is 0.351 e. The zero-order valence-corrected chi connectivity index (χ0v) is 16.1. The van der Waals surface area contributed by atoms with Crippen molar-refractivity contribution >= 4 is 27.3 Å². The summed E-state index contributed by atoms with van der Waals surface area (Å²) in [5.74, 6) is 0.502. The van der Waals surface area contributed by atoms with Gasteiger partial charge < -0.3 is 5.32 Å². The molecule has 26 heavy (non-hydrogen) atoms. The Bertz CT molecular complexity index is 872. The topological polar surface area (TPSA) is 66.5 Å². The molecular weight excluding hydrogens is 368 g/mol. The van der Waals surface area contributed by atoms with E-state index in [0.717, 1.165) is 5.56 Å². The molecule has 4 rings (SSSR count). The van der Waals surface area contributed by atoms with Crippen LogP contribution in [-0.2, 0) is 21.4 Å². The van der Waals surface area contributed by atoms with Gasteiger partial charge in [0, 0.05) is 13.1 Å². The van der Waals surface area contributed by atoms with Crippen LogP contribution in [0.1, 0.15) is 42.7 Å². The third-order valence-corrected chi connectivity index (χ3v) is 8.34. The molecule has 0 bridgehead atoms. The normalized spacial score (nSPS) is 21.0. The van der Waals surface area contributed by atoms with Gasteiger partial charge in [0.15, 0.2) is 0 Å². The Hall–Kier alpha value is -1.70. The minimum atomic E-state index is -3.59. The predicted molar refractivity (Wildman–Crippen MR) is 101 cm³/mol. The van der Waals surface area contributed by atoms with Crippen LogP contribution >= 0.6 is 11.3 Å². The third-order valence-electron chi connectivity index (χ3n) is 5.06. The van der Waals surface area contributed by atoms with Crippen LogP contribution in [0.25, 0.3) is 0 Å². The molecule has 5 nitrogen and oxygen atoms in total. The Morgan fingerprint density at radius 1 is 1.15 bits per heavy atom. The molecule has 1 saturated carbocycles. The maximum Gasteiger partial charge on any atom is 0.253 e. The molecule has 1 aliphatic heterocycles. The van der Waals surface area contributed by atoms with Gasteiger partial charge in [-0.05, 0) is 54.2 Å². The van der Waals surface area contributed by atoms with Crippen molar-refractivity contribution in [1.29, 1.82) is 0 Å². The van der Waals surface area contributed by atoms with Crippen molar-refractivity contribution in [1.82, 2.24) is 9.62 Å². The van der Waals surface area contributed by atoms with Gasteiger partial charge in [0.2, 0.25) is 5.91 Å². The first-order valence-electron chi connectivity index (χ1n) is 8.97. The lowest BCUT2D eigenvalue weighted by molar-refractivity contribution is -0.124. The molecule has 1 N–H and O–H groups in total. The van der Waals surface area contributed by atoms with E-state index >= 15 is 0 Å². The molecule has 0 radical (unpaired) electrons. The molecule has 1 aromatic heterocycles. The van der Waals surface area contributed by atoms with E-state index in [0.29, 0.717) is 36.1 Å². The van der Waals surface area contributed by atoms with Gasteiger partial charge >= 0.3 is 0 Å². The van der Waals surface area contributed by atoms with Gasteiger partial charge in [-0.15, -0.1) is 11.3 Å². The van der Waals surface area contributed by atoms with E-state index in [4.69, 9.17) is 0 Å². The van der Waals surface area contributed by atoms with Crippen molar-refractivity contribution in [3.8, 4) is 0 Å². The quantitative estimate of drug-likeness (QED) is 0.824. The first-order chi connectivity index (χ1) is 12.6. The van der Waals surface area contributed by atoms with Crippen LogP contribution in [0.15, 0.2) is 46.0 Å². The van der Waals surface area contributed by atoms with Crippen molar-refractivity contribution in [3.63, 3.8) is 0 Å². The Morgan fingerprint density at radius 3 is 2.58 bits per heavy atom. The fraction of sp³-hybridized carbons (Fsp3) is 0.421. The van der Waals surface area contributed by atoms with Crippen LogP contribution in [0.4, 0.5) is 0 Å². The fourth-order valence-electron chi connectivity index (χ4n) is 3.45. The molecule has 138 valence electrons. The van der Waals surface area contributed by atoms with Gasteiger partial charge in [0.1, 0.15) is 10.3 Å². The van der Waals surface area contributed by atoms with E-state index in [2.05, 4.69) is 17.4 Å². The minimum absolute atomic E-state index is 0.214. The molecule has 2 heterocycles. The Labute approximate surface area is 158 Å². The number of hydrogen-bond donors (Lipinski definition) is 1. The number of nitrogens with one attached hydrogen (secondary N) is 1. The summed E-state index contributed by atoms with van der Waals surface area (Å²) in [5.41, 5.74) is 2.40. The predicted octanol–water partition coefficient (Wildman–Crippen LogP) is 3.10. The highest BCUT2D eigenvalue weighted by molar-refractivity contribution is 7.91. The van der Waals surface area contributed by atoms with E-state index in [1.807, 2.05) is 12.1 Å². The number of nitrogens with zero attached hydrogens (tertiary/aromatic N) is 1. The van der Waals surface area contributed by atoms with Crippen molar-refractivity contribution in [2.45, 2.75) is 48.4 Å². The second-order valence-corrected chi connectivity index (χ2v) is 10.0. The molecule has 2 fully saturated rings. The number of carbonyl (C=O) groups excluding carboxylic acids is 1. The van der Waals surface area contributed by atoms with Crippen molar-refractivity contribution in [3.05, 3.63) is 52.9 Å². The van der Waals surface area contributed by atoms with Crippen LogP contribution in [0.3, 0.4) is 0 Å². The minimum Gasteiger partial charge on any atom is -0.351 e. The summed E-state index contributed by atoms with van der Waals surface area (Å²) in [4.78, 5) is 12.6. The first kappa shape index (κ1) is 17.7. The molecule has 1 aliphatic carbocycles. The Kier molecular flexibility index (Phi) is 4.86. The van der Waals surface area contributed by atoms with Gasteiger partial charge in [0.25, 0.3) is 10.0 Å². The van der Waals surface area contributed by atoms with Gasteiger partial charge in [-0.3, -0.25) is 4.79 Å². The summed E-state index contributed by atoms with van der Waals surface area (Å²) in [6.07, 6.45) is 3.81. The van der Waals surface area contributed by atoms with E-state index < -0.39 is 16.1 Å². The van der Waals surface area contributed by atoms with Crippen LogP contribution in [0, 0.1) is 0 Å². The monoisotopic (exact) mass is 390 g/mol. The van der Waals surface area contributed by atoms with Crippen LogP contribution < -0.4 is 5.32 Å². The van der Waals surface area contributed by atoms with Crippen LogP contribution in [-0.4, -0.2) is 31.2 Å². The highest BCUT2D eigenvalue weighted by Crippen LogP contribution is 2.39. The second kappa shape index (κ2) is 7.13. The van der Waals surface area contributed by atoms with Crippen LogP contribution in [0.5, 0.6) is 0 Å². The van der Waals surface area contributed by atoms with E-state index in [-0.39, 0.29) is 5.91 Å². The summed E-state index contributed by atoms with van der Waals surface area (Å²) in [7, 11) is -3.59. The third kappa shape index (κ3) is 3.56. The Morgan fingerprint density at radius 2 is 1.92 bits per heavy atom. The molecule has 1 aromatic carbocycles. The summed E-state index contributed by atoms with van der Waals surface area (Å²) >= 11 is 1.19. The molecule has 1 saturated heterocycles. The zero-order chi connectivity index (χ0) is 18.1.